The Kier molecular flexibility index (Phi) is 7.01. The fourth-order valence-electron chi connectivity index (χ4n) is 2.24. The maximum atomic E-state index is 12.1. The van der Waals surface area contributed by atoms with Crippen LogP contribution in [-0.4, -0.2) is 48.1 Å². The molecular formula is C17H16N4O4S. The van der Waals surface area contributed by atoms with Crippen molar-refractivity contribution in [3.63, 3.8) is 0 Å². The van der Waals surface area contributed by atoms with Crippen LogP contribution in [0.5, 0.6) is 0 Å². The highest BCUT2D eigenvalue weighted by Crippen LogP contribution is 2.32. The summed E-state index contributed by atoms with van der Waals surface area (Å²) >= 11 is 1.38. The van der Waals surface area contributed by atoms with Crippen molar-refractivity contribution in [1.29, 1.82) is 10.5 Å². The van der Waals surface area contributed by atoms with E-state index >= 15 is 0 Å². The molecule has 1 aliphatic rings. The zero-order chi connectivity index (χ0) is 18.9. The van der Waals surface area contributed by atoms with Gasteiger partial charge in [0.1, 0.15) is 0 Å². The second-order valence-electron chi connectivity index (χ2n) is 5.32. The summed E-state index contributed by atoms with van der Waals surface area (Å²) in [5.41, 5.74) is 0.761. The van der Waals surface area contributed by atoms with Crippen LogP contribution in [0, 0.1) is 22.7 Å². The van der Waals surface area contributed by atoms with E-state index in [1.165, 1.54) is 22.7 Å². The van der Waals surface area contributed by atoms with Crippen molar-refractivity contribution in [1.82, 2.24) is 4.90 Å². The molecule has 1 heterocycles. The summed E-state index contributed by atoms with van der Waals surface area (Å²) < 4.78 is 5.03. The molecule has 1 aromatic rings. The fraction of sp³-hybridized carbons (Fsp3) is 0.353. The van der Waals surface area contributed by atoms with E-state index in [9.17, 15) is 14.4 Å². The molecule has 2 rings (SSSR count). The first-order valence-electron chi connectivity index (χ1n) is 7.80. The Hall–Kier alpha value is -3.04. The summed E-state index contributed by atoms with van der Waals surface area (Å²) in [7, 11) is 0. The molecule has 0 saturated heterocycles. The van der Waals surface area contributed by atoms with Crippen LogP contribution in [0.25, 0.3) is 0 Å². The van der Waals surface area contributed by atoms with Crippen molar-refractivity contribution in [3.8, 4) is 12.1 Å². The lowest BCUT2D eigenvalue weighted by Crippen LogP contribution is -2.36. The van der Waals surface area contributed by atoms with Gasteiger partial charge in [-0.05, 0) is 18.2 Å². The van der Waals surface area contributed by atoms with Crippen molar-refractivity contribution < 1.29 is 19.1 Å². The van der Waals surface area contributed by atoms with E-state index in [2.05, 4.69) is 5.32 Å². The molecule has 0 saturated carbocycles. The van der Waals surface area contributed by atoms with Crippen LogP contribution in [0.3, 0.4) is 0 Å². The van der Waals surface area contributed by atoms with E-state index < -0.39 is 18.5 Å². The topological polar surface area (TPSA) is 123 Å². The number of nitrogens with one attached hydrogen (secondary N) is 1. The predicted octanol–water partition coefficient (Wildman–Crippen LogP) is 1.54. The van der Waals surface area contributed by atoms with Crippen molar-refractivity contribution in [2.24, 2.45) is 0 Å². The molecule has 0 spiro atoms. The molecule has 2 amide bonds. The Bertz CT molecular complexity index is 779. The first-order chi connectivity index (χ1) is 12.5. The summed E-state index contributed by atoms with van der Waals surface area (Å²) in [6.07, 6.45) is 0.264. The van der Waals surface area contributed by atoms with Gasteiger partial charge in [-0.25, -0.2) is 4.79 Å². The van der Waals surface area contributed by atoms with E-state index in [-0.39, 0.29) is 37.4 Å². The molecule has 8 nitrogen and oxygen atoms in total. The monoisotopic (exact) mass is 372 g/mol. The molecule has 0 aromatic heterocycles. The summed E-state index contributed by atoms with van der Waals surface area (Å²) in [5, 5.41) is 20.0. The van der Waals surface area contributed by atoms with Gasteiger partial charge >= 0.3 is 5.97 Å². The van der Waals surface area contributed by atoms with E-state index in [1.54, 1.807) is 12.1 Å². The molecule has 0 bridgehead atoms. The number of rotatable bonds is 7. The second-order valence-corrected chi connectivity index (χ2v) is 6.34. The highest BCUT2D eigenvalue weighted by Gasteiger charge is 2.19. The molecule has 1 aromatic carbocycles. The Morgan fingerprint density at radius 1 is 1.23 bits per heavy atom. The minimum Gasteiger partial charge on any atom is -0.452 e. The molecular weight excluding hydrogens is 356 g/mol. The second kappa shape index (κ2) is 9.44. The van der Waals surface area contributed by atoms with Crippen LogP contribution in [0.2, 0.25) is 0 Å². The van der Waals surface area contributed by atoms with Crippen molar-refractivity contribution >= 4 is 35.2 Å². The van der Waals surface area contributed by atoms with E-state index in [4.69, 9.17) is 15.3 Å². The van der Waals surface area contributed by atoms with Crippen LogP contribution in [0.1, 0.15) is 23.2 Å². The first kappa shape index (κ1) is 19.3. The first-order valence-corrected chi connectivity index (χ1v) is 8.79. The molecule has 0 fully saturated rings. The SMILES string of the molecule is N#CCCN(CCC#N)C(=O)COC(=O)c1ccc2c(c1)NC(=O)CS2. The molecule has 0 unspecified atom stereocenters. The minimum atomic E-state index is -0.688. The third-order valence-electron chi connectivity index (χ3n) is 3.51. The number of nitrogens with zero attached hydrogens (tertiary/aromatic N) is 3. The maximum absolute atomic E-state index is 12.1. The number of thioether (sulfide) groups is 1. The van der Waals surface area contributed by atoms with Crippen molar-refractivity contribution in [3.05, 3.63) is 23.8 Å². The van der Waals surface area contributed by atoms with Crippen LogP contribution >= 0.6 is 11.8 Å². The number of anilines is 1. The number of hydrogen-bond donors (Lipinski definition) is 1. The highest BCUT2D eigenvalue weighted by atomic mass is 32.2. The third-order valence-corrected chi connectivity index (χ3v) is 4.59. The van der Waals surface area contributed by atoms with E-state index in [1.807, 2.05) is 12.1 Å². The zero-order valence-corrected chi connectivity index (χ0v) is 14.7. The van der Waals surface area contributed by atoms with Gasteiger partial charge in [-0.1, -0.05) is 0 Å². The number of hydrogen-bond acceptors (Lipinski definition) is 7. The number of nitriles is 2. The van der Waals surface area contributed by atoms with Crippen LogP contribution in [0.15, 0.2) is 23.1 Å². The lowest BCUT2D eigenvalue weighted by molar-refractivity contribution is -0.134. The Morgan fingerprint density at radius 2 is 1.92 bits per heavy atom. The predicted molar refractivity (Wildman–Crippen MR) is 93.1 cm³/mol. The number of ether oxygens (including phenoxy) is 1. The quantitative estimate of drug-likeness (QED) is 0.720. The number of fused-ring (bicyclic) bond motifs is 1. The normalized spacial score (nSPS) is 12.2. The molecule has 26 heavy (non-hydrogen) atoms. The highest BCUT2D eigenvalue weighted by molar-refractivity contribution is 8.00. The summed E-state index contributed by atoms with van der Waals surface area (Å²) in [5.74, 6) is -0.974. The fourth-order valence-corrected chi connectivity index (χ4v) is 3.03. The average Bonchev–Trinajstić information content (AvgIpc) is 2.65. The molecule has 9 heteroatoms. The van der Waals surface area contributed by atoms with E-state index in [0.29, 0.717) is 11.4 Å². The van der Waals surface area contributed by atoms with Crippen molar-refractivity contribution in [2.45, 2.75) is 17.7 Å². The lowest BCUT2D eigenvalue weighted by atomic mass is 10.2. The number of carbonyl (C=O) groups excluding carboxylic acids is 3. The maximum Gasteiger partial charge on any atom is 0.338 e. The standard InChI is InChI=1S/C17H16N4O4S/c18-5-1-7-21(8-2-6-19)16(23)10-25-17(24)12-3-4-14-13(9-12)20-15(22)11-26-14/h3-4,9H,1-2,7-8,10-11H2,(H,20,22). The molecule has 1 N–H and O–H groups in total. The molecule has 0 radical (unpaired) electrons. The molecule has 134 valence electrons. The van der Waals surface area contributed by atoms with E-state index in [0.717, 1.165) is 4.90 Å². The van der Waals surface area contributed by atoms with Gasteiger partial charge in [0.15, 0.2) is 6.61 Å². The van der Waals surface area contributed by atoms with Gasteiger partial charge in [0.25, 0.3) is 5.91 Å². The lowest BCUT2D eigenvalue weighted by Gasteiger charge is -2.20. The van der Waals surface area contributed by atoms with Crippen molar-refractivity contribution in [2.75, 3.05) is 30.8 Å². The zero-order valence-electron chi connectivity index (χ0n) is 13.9. The Balaban J connectivity index is 1.95. The smallest absolute Gasteiger partial charge is 0.338 e. The molecule has 0 atom stereocenters. The van der Waals surface area contributed by atoms with Gasteiger partial charge < -0.3 is 15.0 Å². The van der Waals surface area contributed by atoms with Gasteiger partial charge in [0, 0.05) is 18.0 Å². The van der Waals surface area contributed by atoms with Crippen LogP contribution in [-0.2, 0) is 14.3 Å². The summed E-state index contributed by atoms with van der Waals surface area (Å²) in [6.45, 7) is -0.124. The van der Waals surface area contributed by atoms with Gasteiger partial charge in [-0.3, -0.25) is 9.59 Å². The minimum absolute atomic E-state index is 0.132. The van der Waals surface area contributed by atoms with Gasteiger partial charge in [-0.15, -0.1) is 11.8 Å². The largest absolute Gasteiger partial charge is 0.452 e. The molecule has 1 aliphatic heterocycles. The molecule has 0 aliphatic carbocycles. The van der Waals surface area contributed by atoms with Gasteiger partial charge in [0.05, 0.1) is 42.0 Å². The van der Waals surface area contributed by atoms with Crippen LogP contribution in [0.4, 0.5) is 5.69 Å². The summed E-state index contributed by atoms with van der Waals surface area (Å²) in [4.78, 5) is 37.9. The van der Waals surface area contributed by atoms with Crippen LogP contribution < -0.4 is 5.32 Å². The van der Waals surface area contributed by atoms with Gasteiger partial charge in [-0.2, -0.15) is 10.5 Å². The Labute approximate surface area is 154 Å². The Morgan fingerprint density at radius 3 is 2.58 bits per heavy atom. The number of esters is 1. The van der Waals surface area contributed by atoms with Gasteiger partial charge in [0.2, 0.25) is 5.91 Å². The number of carbonyl (C=O) groups is 3. The average molecular weight is 372 g/mol. The number of amides is 2. The summed E-state index contributed by atoms with van der Waals surface area (Å²) in [6, 6.07) is 8.65. The number of benzene rings is 1. The third kappa shape index (κ3) is 5.23.